The Morgan fingerprint density at radius 1 is 1.20 bits per heavy atom. The summed E-state index contributed by atoms with van der Waals surface area (Å²) >= 11 is 0. The molecule has 0 saturated heterocycles. The number of carbonyl (C=O) groups is 1. The highest BCUT2D eigenvalue weighted by atomic mass is 16.5. The van der Waals surface area contributed by atoms with E-state index >= 15 is 0 Å². The van der Waals surface area contributed by atoms with Gasteiger partial charge in [-0.05, 0) is 32.0 Å². The average molecular weight is 271 g/mol. The average Bonchev–Trinajstić information content (AvgIpc) is 2.41. The van der Waals surface area contributed by atoms with E-state index in [9.17, 15) is 4.79 Å². The largest absolute Gasteiger partial charge is 0.481 e. The molecule has 1 aromatic heterocycles. The molecule has 2 rings (SSSR count). The van der Waals surface area contributed by atoms with Crippen LogP contribution in [-0.4, -0.2) is 16.1 Å². The van der Waals surface area contributed by atoms with Crippen LogP contribution in [0.4, 0.5) is 0 Å². The fourth-order valence-electron chi connectivity index (χ4n) is 1.96. The van der Waals surface area contributed by atoms with Gasteiger partial charge in [0.05, 0.1) is 12.1 Å². The third-order valence-electron chi connectivity index (χ3n) is 2.96. The SMILES string of the molecule is CC(C)(Oc1ccccc1CC(=O)O)c1ccccn1. The van der Waals surface area contributed by atoms with Crippen molar-refractivity contribution in [1.82, 2.24) is 4.98 Å². The number of carboxylic acids is 1. The first-order valence-electron chi connectivity index (χ1n) is 6.39. The Labute approximate surface area is 118 Å². The predicted molar refractivity (Wildman–Crippen MR) is 75.7 cm³/mol. The van der Waals surface area contributed by atoms with Gasteiger partial charge in [-0.2, -0.15) is 0 Å². The van der Waals surface area contributed by atoms with Crippen molar-refractivity contribution in [3.05, 3.63) is 59.9 Å². The van der Waals surface area contributed by atoms with Crippen LogP contribution in [0.1, 0.15) is 25.1 Å². The molecule has 20 heavy (non-hydrogen) atoms. The maximum Gasteiger partial charge on any atom is 0.307 e. The molecular formula is C16H17NO3. The van der Waals surface area contributed by atoms with Crippen molar-refractivity contribution in [2.45, 2.75) is 25.9 Å². The summed E-state index contributed by atoms with van der Waals surface area (Å²) in [6, 6.07) is 12.8. The first-order valence-corrected chi connectivity index (χ1v) is 6.39. The quantitative estimate of drug-likeness (QED) is 0.908. The van der Waals surface area contributed by atoms with Crippen molar-refractivity contribution >= 4 is 5.97 Å². The number of hydrogen-bond donors (Lipinski definition) is 1. The van der Waals surface area contributed by atoms with Crippen LogP contribution in [0.25, 0.3) is 0 Å². The molecule has 1 aromatic carbocycles. The maximum absolute atomic E-state index is 10.9. The second kappa shape index (κ2) is 5.74. The number of benzene rings is 1. The minimum Gasteiger partial charge on any atom is -0.481 e. The van der Waals surface area contributed by atoms with Crippen molar-refractivity contribution in [2.24, 2.45) is 0 Å². The minimum atomic E-state index is -0.878. The molecule has 1 heterocycles. The highest BCUT2D eigenvalue weighted by molar-refractivity contribution is 5.71. The molecule has 0 fully saturated rings. The summed E-state index contributed by atoms with van der Waals surface area (Å²) in [6.07, 6.45) is 1.65. The standard InChI is InChI=1S/C16H17NO3/c1-16(2,14-9-5-6-10-17-14)20-13-8-4-3-7-12(13)11-15(18)19/h3-10H,11H2,1-2H3,(H,18,19). The van der Waals surface area contributed by atoms with E-state index < -0.39 is 11.6 Å². The smallest absolute Gasteiger partial charge is 0.307 e. The summed E-state index contributed by atoms with van der Waals surface area (Å²) < 4.78 is 5.99. The number of aromatic nitrogens is 1. The van der Waals surface area contributed by atoms with Crippen LogP contribution in [0.5, 0.6) is 5.75 Å². The Bertz CT molecular complexity index is 594. The molecule has 4 heteroatoms. The Hall–Kier alpha value is -2.36. The summed E-state index contributed by atoms with van der Waals surface area (Å²) in [7, 11) is 0. The van der Waals surface area contributed by atoms with Crippen LogP contribution >= 0.6 is 0 Å². The zero-order valence-electron chi connectivity index (χ0n) is 11.5. The molecule has 0 aliphatic carbocycles. The van der Waals surface area contributed by atoms with Gasteiger partial charge in [0.15, 0.2) is 0 Å². The van der Waals surface area contributed by atoms with Gasteiger partial charge in [0, 0.05) is 11.8 Å². The number of para-hydroxylation sites is 1. The van der Waals surface area contributed by atoms with Crippen LogP contribution in [0.3, 0.4) is 0 Å². The lowest BCUT2D eigenvalue weighted by molar-refractivity contribution is -0.136. The second-order valence-electron chi connectivity index (χ2n) is 5.01. The van der Waals surface area contributed by atoms with Gasteiger partial charge in [0.25, 0.3) is 0 Å². The van der Waals surface area contributed by atoms with Gasteiger partial charge in [0.1, 0.15) is 11.4 Å². The van der Waals surface area contributed by atoms with E-state index in [1.54, 1.807) is 24.4 Å². The van der Waals surface area contributed by atoms with Crippen molar-refractivity contribution in [2.75, 3.05) is 0 Å². The predicted octanol–water partition coefficient (Wildman–Crippen LogP) is 3.02. The van der Waals surface area contributed by atoms with E-state index in [2.05, 4.69) is 4.98 Å². The van der Waals surface area contributed by atoms with E-state index in [1.807, 2.05) is 38.1 Å². The van der Waals surface area contributed by atoms with Crippen LogP contribution in [0.2, 0.25) is 0 Å². The monoisotopic (exact) mass is 271 g/mol. The summed E-state index contributed by atoms with van der Waals surface area (Å²) in [5.41, 5.74) is 0.824. The lowest BCUT2D eigenvalue weighted by Crippen LogP contribution is -2.27. The fourth-order valence-corrected chi connectivity index (χ4v) is 1.96. The topological polar surface area (TPSA) is 59.4 Å². The van der Waals surface area contributed by atoms with E-state index in [1.165, 1.54) is 0 Å². The molecule has 1 N–H and O–H groups in total. The summed E-state index contributed by atoms with van der Waals surface area (Å²) in [5, 5.41) is 8.94. The third-order valence-corrected chi connectivity index (χ3v) is 2.96. The number of rotatable bonds is 5. The first-order chi connectivity index (χ1) is 9.49. The molecule has 0 aliphatic heterocycles. The molecule has 2 aromatic rings. The molecule has 0 radical (unpaired) electrons. The van der Waals surface area contributed by atoms with Gasteiger partial charge < -0.3 is 9.84 Å². The molecule has 104 valence electrons. The van der Waals surface area contributed by atoms with E-state index in [0.29, 0.717) is 11.3 Å². The molecule has 0 bridgehead atoms. The van der Waals surface area contributed by atoms with Gasteiger partial charge in [-0.1, -0.05) is 24.3 Å². The van der Waals surface area contributed by atoms with Crippen molar-refractivity contribution in [1.29, 1.82) is 0 Å². The van der Waals surface area contributed by atoms with Gasteiger partial charge in [0.2, 0.25) is 0 Å². The molecular weight excluding hydrogens is 254 g/mol. The van der Waals surface area contributed by atoms with Crippen LogP contribution in [0, 0.1) is 0 Å². The molecule has 0 aliphatic rings. The van der Waals surface area contributed by atoms with Gasteiger partial charge in [-0.3, -0.25) is 9.78 Å². The van der Waals surface area contributed by atoms with E-state index in [0.717, 1.165) is 5.69 Å². The number of hydrogen-bond acceptors (Lipinski definition) is 3. The zero-order valence-corrected chi connectivity index (χ0v) is 11.5. The normalized spacial score (nSPS) is 11.1. The molecule has 0 spiro atoms. The van der Waals surface area contributed by atoms with Crippen molar-refractivity contribution in [3.8, 4) is 5.75 Å². The molecule has 4 nitrogen and oxygen atoms in total. The van der Waals surface area contributed by atoms with E-state index in [-0.39, 0.29) is 6.42 Å². The molecule has 0 unspecified atom stereocenters. The molecule has 0 amide bonds. The third kappa shape index (κ3) is 3.35. The van der Waals surface area contributed by atoms with Gasteiger partial charge in [-0.15, -0.1) is 0 Å². The number of ether oxygens (including phenoxy) is 1. The van der Waals surface area contributed by atoms with Crippen LogP contribution in [-0.2, 0) is 16.8 Å². The second-order valence-corrected chi connectivity index (χ2v) is 5.01. The van der Waals surface area contributed by atoms with Crippen LogP contribution in [0.15, 0.2) is 48.7 Å². The Morgan fingerprint density at radius 3 is 2.55 bits per heavy atom. The summed E-state index contributed by atoms with van der Waals surface area (Å²) in [5.74, 6) is -0.303. The number of aliphatic carboxylic acids is 1. The van der Waals surface area contributed by atoms with Gasteiger partial charge >= 0.3 is 5.97 Å². The molecule has 0 atom stereocenters. The highest BCUT2D eigenvalue weighted by Gasteiger charge is 2.25. The first kappa shape index (κ1) is 14.1. The van der Waals surface area contributed by atoms with Crippen LogP contribution < -0.4 is 4.74 Å². The molecule has 0 saturated carbocycles. The Balaban J connectivity index is 2.27. The summed E-state index contributed by atoms with van der Waals surface area (Å²) in [4.78, 5) is 15.2. The van der Waals surface area contributed by atoms with Crippen molar-refractivity contribution < 1.29 is 14.6 Å². The lowest BCUT2D eigenvalue weighted by Gasteiger charge is -2.27. The Kier molecular flexibility index (Phi) is 4.03. The van der Waals surface area contributed by atoms with E-state index in [4.69, 9.17) is 9.84 Å². The minimum absolute atomic E-state index is 0.0610. The Morgan fingerprint density at radius 2 is 1.90 bits per heavy atom. The fraction of sp³-hybridized carbons (Fsp3) is 0.250. The number of nitrogens with zero attached hydrogens (tertiary/aromatic N) is 1. The van der Waals surface area contributed by atoms with Crippen molar-refractivity contribution in [3.63, 3.8) is 0 Å². The number of carboxylic acid groups (broad SMARTS) is 1. The number of pyridine rings is 1. The zero-order chi connectivity index (χ0) is 14.6. The van der Waals surface area contributed by atoms with Gasteiger partial charge in [-0.25, -0.2) is 0 Å². The summed E-state index contributed by atoms with van der Waals surface area (Å²) in [6.45, 7) is 3.82. The lowest BCUT2D eigenvalue weighted by atomic mass is 10.0. The maximum atomic E-state index is 10.9. The highest BCUT2D eigenvalue weighted by Crippen LogP contribution is 2.29.